The molecule has 4 atom stereocenters. The molecule has 8 amide bonds. The maximum Gasteiger partial charge on any atom is 0.408 e. The Morgan fingerprint density at radius 1 is 0.681 bits per heavy atom. The van der Waals surface area contributed by atoms with Crippen molar-refractivity contribution >= 4 is 76.1 Å². The summed E-state index contributed by atoms with van der Waals surface area (Å²) in [5.74, 6) is -5.18. The first-order valence-corrected chi connectivity index (χ1v) is 31.5. The van der Waals surface area contributed by atoms with Crippen LogP contribution in [0.25, 0.3) is 22.3 Å². The summed E-state index contributed by atoms with van der Waals surface area (Å²) in [6.45, 7) is 12.2. The SMILES string of the molecule is CC[C@@]1(OC(=O)NCCSCNC(=O)[C@H](C)NC(=O)[C@@H](NC(=O)CC[C@H](NC(=O)CCN2C(=O)C=CC2=O)C(=O)NCCOCCOCCOCCOCCOCCOCCOCCOC)C(C)C)C(=O)OCc2c1cc1n(c2=O)Cc2cc3ccccc3nc2-1. The molecule has 3 aliphatic heterocycles. The van der Waals surface area contributed by atoms with E-state index < -0.39 is 83.1 Å². The van der Waals surface area contributed by atoms with Gasteiger partial charge in [-0.15, -0.1) is 11.8 Å². The number of thioether (sulfide) groups is 1. The number of ether oxygens (including phenoxy) is 10. The second-order valence-corrected chi connectivity index (χ2v) is 22.4. The summed E-state index contributed by atoms with van der Waals surface area (Å²) in [6.07, 6.45) is 0.383. The number of hydrogen-bond acceptors (Lipinski definition) is 22. The smallest absolute Gasteiger partial charge is 0.408 e. The van der Waals surface area contributed by atoms with E-state index in [1.165, 1.54) is 18.7 Å². The van der Waals surface area contributed by atoms with Crippen LogP contribution in [0.2, 0.25) is 0 Å². The molecule has 0 unspecified atom stereocenters. The molecule has 2 aromatic heterocycles. The zero-order valence-electron chi connectivity index (χ0n) is 52.2. The molecule has 91 heavy (non-hydrogen) atoms. The maximum absolute atomic E-state index is 13.9. The van der Waals surface area contributed by atoms with Gasteiger partial charge in [-0.2, -0.15) is 0 Å². The predicted molar refractivity (Wildman–Crippen MR) is 329 cm³/mol. The summed E-state index contributed by atoms with van der Waals surface area (Å²) < 4.78 is 56.0. The van der Waals surface area contributed by atoms with Crippen molar-refractivity contribution in [3.8, 4) is 11.4 Å². The molecular formula is C61H85N9O20S. The Bertz CT molecular complexity index is 3040. The van der Waals surface area contributed by atoms with Gasteiger partial charge in [0, 0.05) is 74.0 Å². The van der Waals surface area contributed by atoms with Crippen LogP contribution in [0.4, 0.5) is 4.79 Å². The number of aromatic nitrogens is 2. The molecule has 3 aromatic rings. The molecule has 6 rings (SSSR count). The lowest BCUT2D eigenvalue weighted by atomic mass is 9.85. The van der Waals surface area contributed by atoms with Gasteiger partial charge in [0.25, 0.3) is 17.4 Å². The van der Waals surface area contributed by atoms with E-state index in [1.807, 2.05) is 30.3 Å². The van der Waals surface area contributed by atoms with Gasteiger partial charge in [0.05, 0.1) is 134 Å². The first kappa shape index (κ1) is 72.6. The van der Waals surface area contributed by atoms with Gasteiger partial charge in [0.15, 0.2) is 0 Å². The van der Waals surface area contributed by atoms with E-state index in [-0.39, 0.29) is 101 Å². The van der Waals surface area contributed by atoms with Crippen molar-refractivity contribution in [1.29, 1.82) is 0 Å². The Morgan fingerprint density at radius 2 is 1.27 bits per heavy atom. The molecule has 0 saturated heterocycles. The van der Waals surface area contributed by atoms with Crippen molar-refractivity contribution in [3.63, 3.8) is 0 Å². The van der Waals surface area contributed by atoms with E-state index >= 15 is 0 Å². The minimum atomic E-state index is -1.91. The fourth-order valence-corrected chi connectivity index (χ4v) is 10.2. The van der Waals surface area contributed by atoms with Gasteiger partial charge in [-0.3, -0.25) is 43.3 Å². The minimum Gasteiger partial charge on any atom is -0.457 e. The molecule has 1 aromatic carbocycles. The molecule has 0 fully saturated rings. The number of carbonyl (C=O) groups is 9. The first-order valence-electron chi connectivity index (χ1n) is 30.4. The van der Waals surface area contributed by atoms with E-state index in [9.17, 15) is 47.9 Å². The number of carbonyl (C=O) groups excluding carboxylic acids is 9. The number of imide groups is 1. The summed E-state index contributed by atoms with van der Waals surface area (Å²) in [4.78, 5) is 137. The summed E-state index contributed by atoms with van der Waals surface area (Å²) in [5, 5.41) is 16.8. The van der Waals surface area contributed by atoms with Crippen LogP contribution in [-0.2, 0) is 104 Å². The van der Waals surface area contributed by atoms with Crippen LogP contribution in [0.3, 0.4) is 0 Å². The first-order chi connectivity index (χ1) is 44.0. The lowest BCUT2D eigenvalue weighted by Gasteiger charge is -2.35. The van der Waals surface area contributed by atoms with Crippen molar-refractivity contribution < 1.29 is 90.5 Å². The average Bonchev–Trinajstić information content (AvgIpc) is 1.70. The van der Waals surface area contributed by atoms with Gasteiger partial charge in [0.1, 0.15) is 24.7 Å². The summed E-state index contributed by atoms with van der Waals surface area (Å²) in [6, 6.07) is 7.86. The van der Waals surface area contributed by atoms with Gasteiger partial charge in [0.2, 0.25) is 35.1 Å². The normalized spacial score (nSPS) is 15.8. The number of methoxy groups -OCH3 is 1. The number of cyclic esters (lactones) is 1. The van der Waals surface area contributed by atoms with Crippen molar-refractivity contribution in [2.75, 3.05) is 137 Å². The van der Waals surface area contributed by atoms with Gasteiger partial charge < -0.3 is 83.8 Å². The van der Waals surface area contributed by atoms with Crippen molar-refractivity contribution in [1.82, 2.24) is 46.4 Å². The molecule has 500 valence electrons. The van der Waals surface area contributed by atoms with Gasteiger partial charge in [-0.05, 0) is 43.9 Å². The predicted octanol–water partition coefficient (Wildman–Crippen LogP) is 0.725. The van der Waals surface area contributed by atoms with Crippen molar-refractivity contribution in [3.05, 3.63) is 75.6 Å². The third-order valence-electron chi connectivity index (χ3n) is 14.5. The molecule has 29 nitrogen and oxygen atoms in total. The summed E-state index contributed by atoms with van der Waals surface area (Å²) in [5.41, 5.74) is 0.845. The zero-order chi connectivity index (χ0) is 65.5. The van der Waals surface area contributed by atoms with Crippen LogP contribution in [0, 0.1) is 5.92 Å². The van der Waals surface area contributed by atoms with Gasteiger partial charge in [-0.25, -0.2) is 14.6 Å². The van der Waals surface area contributed by atoms with E-state index in [1.54, 1.807) is 38.5 Å². The Labute approximate surface area is 531 Å². The van der Waals surface area contributed by atoms with E-state index in [4.69, 9.17) is 52.4 Å². The topological polar surface area (TPSA) is 356 Å². The lowest BCUT2D eigenvalue weighted by Crippen LogP contribution is -2.54. The minimum absolute atomic E-state index is 0.0240. The van der Waals surface area contributed by atoms with E-state index in [2.05, 4.69) is 31.9 Å². The third kappa shape index (κ3) is 22.4. The third-order valence-corrected chi connectivity index (χ3v) is 15.4. The number of amides is 8. The number of hydrogen-bond donors (Lipinski definition) is 6. The number of nitrogens with zero attached hydrogens (tertiary/aromatic N) is 3. The Hall–Kier alpha value is -7.42. The molecule has 6 N–H and O–H groups in total. The molecule has 30 heteroatoms. The highest BCUT2D eigenvalue weighted by atomic mass is 32.2. The number of nitrogens with one attached hydrogen (secondary N) is 6. The lowest BCUT2D eigenvalue weighted by molar-refractivity contribution is -0.172. The largest absolute Gasteiger partial charge is 0.457 e. The molecule has 0 aliphatic carbocycles. The molecule has 0 bridgehead atoms. The number of fused-ring (bicyclic) bond motifs is 5. The Balaban J connectivity index is 0.856. The van der Waals surface area contributed by atoms with Gasteiger partial charge >= 0.3 is 12.1 Å². The number of pyridine rings is 2. The molecule has 0 spiro atoms. The number of para-hydroxylation sites is 1. The van der Waals surface area contributed by atoms with E-state index in [0.717, 1.165) is 33.5 Å². The standard InChI is InChI=1S/C61H85N9O20S/c1-6-61(45-36-48-54-43(35-42-9-7-8-10-46(42)67-54)37-70(48)58(78)44(45)38-89-59(61)79)90-60(80)63-17-34-91-39-64-55(75)41(4)65-57(77)53(40(2)3)68-49(71)12-11-47(66-50(72)15-18-69-51(73)13-14-52(69)74)56(76)62-16-19-82-22-23-84-26-27-86-30-31-88-33-32-87-29-28-85-25-24-83-21-20-81-5/h7-10,13-14,35-36,40-41,47,53H,6,11-12,15-34,37-39H2,1-5H3,(H,62,76)(H,63,80)(H,64,75)(H,65,77)(H,66,72)(H,68,71)/t41-,47-,53-,61-/m0/s1. The fraction of sp³-hybridized carbons (Fsp3) is 0.590. The number of rotatable bonds is 44. The van der Waals surface area contributed by atoms with Crippen LogP contribution in [-0.4, -0.2) is 223 Å². The Kier molecular flexibility index (Phi) is 30.7. The van der Waals surface area contributed by atoms with Crippen LogP contribution in [0.15, 0.2) is 53.3 Å². The van der Waals surface area contributed by atoms with Crippen LogP contribution in [0.1, 0.15) is 70.1 Å². The summed E-state index contributed by atoms with van der Waals surface area (Å²) >= 11 is 1.24. The quantitative estimate of drug-likeness (QED) is 0.0154. The molecule has 3 aliphatic rings. The number of benzene rings is 1. The van der Waals surface area contributed by atoms with E-state index in [0.29, 0.717) is 96.4 Å². The van der Waals surface area contributed by atoms with Crippen molar-refractivity contribution in [2.24, 2.45) is 5.92 Å². The highest BCUT2D eigenvalue weighted by Crippen LogP contribution is 2.41. The Morgan fingerprint density at radius 3 is 1.88 bits per heavy atom. The zero-order valence-corrected chi connectivity index (χ0v) is 53.0. The van der Waals surface area contributed by atoms with Gasteiger partial charge in [-0.1, -0.05) is 39.0 Å². The highest BCUT2D eigenvalue weighted by molar-refractivity contribution is 7.99. The van der Waals surface area contributed by atoms with Crippen LogP contribution >= 0.6 is 11.8 Å². The average molecular weight is 1300 g/mol. The fourth-order valence-electron chi connectivity index (χ4n) is 9.61. The second kappa shape index (κ2) is 38.4. The van der Waals surface area contributed by atoms with Crippen LogP contribution < -0.4 is 37.5 Å². The maximum atomic E-state index is 13.9. The number of esters is 1. The molecule has 0 radical (unpaired) electrons. The highest BCUT2D eigenvalue weighted by Gasteiger charge is 2.50. The second-order valence-electron chi connectivity index (χ2n) is 21.3. The summed E-state index contributed by atoms with van der Waals surface area (Å²) in [7, 11) is 1.62. The van der Waals surface area contributed by atoms with Crippen molar-refractivity contribution in [2.45, 2.75) is 90.3 Å². The monoisotopic (exact) mass is 1300 g/mol. The molecular weight excluding hydrogens is 1210 g/mol. The molecule has 0 saturated carbocycles. The molecule has 5 heterocycles. The van der Waals surface area contributed by atoms with Crippen LogP contribution in [0.5, 0.6) is 0 Å². The number of alkyl carbamates (subject to hydrolysis) is 1.